The predicted octanol–water partition coefficient (Wildman–Crippen LogP) is 2.00. The van der Waals surface area contributed by atoms with Gasteiger partial charge in [0, 0.05) is 6.54 Å². The first-order valence-electron chi connectivity index (χ1n) is 5.03. The molecule has 0 bridgehead atoms. The summed E-state index contributed by atoms with van der Waals surface area (Å²) in [6.07, 6.45) is 11.2. The molecule has 69 valence electrons. The molecule has 0 aromatic rings. The van der Waals surface area contributed by atoms with Gasteiger partial charge in [0.1, 0.15) is 0 Å². The lowest BCUT2D eigenvalue weighted by Crippen LogP contribution is -2.14. The van der Waals surface area contributed by atoms with Crippen molar-refractivity contribution < 1.29 is 4.79 Å². The molecule has 0 saturated heterocycles. The van der Waals surface area contributed by atoms with Crippen molar-refractivity contribution >= 4 is 6.41 Å². The van der Waals surface area contributed by atoms with E-state index in [-0.39, 0.29) is 0 Å². The Kier molecular flexibility index (Phi) is 4.81. The first-order chi connectivity index (χ1) is 5.93. The van der Waals surface area contributed by atoms with E-state index in [1.165, 1.54) is 38.5 Å². The molecule has 0 aliphatic heterocycles. The largest absolute Gasteiger partial charge is 0.348 e. The Bertz CT molecular complexity index is 119. The minimum atomic E-state index is 0.806. The summed E-state index contributed by atoms with van der Waals surface area (Å²) < 4.78 is 0. The number of hydrogen-bond donors (Lipinski definition) is 1. The van der Waals surface area contributed by atoms with Crippen molar-refractivity contribution in [3.05, 3.63) is 0 Å². The van der Waals surface area contributed by atoms with Gasteiger partial charge in [-0.25, -0.2) is 0 Å². The second-order valence-corrected chi connectivity index (χ2v) is 3.68. The van der Waals surface area contributed by atoms with Crippen LogP contribution >= 0.6 is 0 Å². The van der Waals surface area contributed by atoms with Crippen LogP contribution < -0.4 is 5.32 Å². The minimum absolute atomic E-state index is 0.806. The highest BCUT2D eigenvalue weighted by atomic mass is 16.1. The maximum atomic E-state index is 9.82. The van der Waals surface area contributed by atoms with E-state index in [0.29, 0.717) is 0 Å². The molecule has 1 aliphatic rings. The lowest BCUT2D eigenvalue weighted by atomic mass is 9.86. The number of amides is 1. The van der Waals surface area contributed by atoms with Gasteiger partial charge < -0.3 is 5.32 Å². The van der Waals surface area contributed by atoms with Crippen LogP contribution in [-0.2, 0) is 4.79 Å². The van der Waals surface area contributed by atoms with E-state index in [4.69, 9.17) is 0 Å². The molecule has 12 heavy (non-hydrogen) atoms. The molecular formula is C10H18NO. The number of carbonyl (C=O) groups excluding carboxylic acids is 1. The van der Waals surface area contributed by atoms with Gasteiger partial charge in [0.2, 0.25) is 0 Å². The van der Waals surface area contributed by atoms with Gasteiger partial charge in [-0.1, -0.05) is 32.1 Å². The third-order valence-corrected chi connectivity index (χ3v) is 2.71. The van der Waals surface area contributed by atoms with E-state index in [2.05, 4.69) is 5.32 Å². The Morgan fingerprint density at radius 1 is 1.25 bits per heavy atom. The van der Waals surface area contributed by atoms with Crippen molar-refractivity contribution in [3.8, 4) is 0 Å². The molecule has 0 aromatic carbocycles. The maximum absolute atomic E-state index is 9.82. The van der Waals surface area contributed by atoms with E-state index in [1.807, 2.05) is 0 Å². The van der Waals surface area contributed by atoms with E-state index >= 15 is 0 Å². The predicted molar refractivity (Wildman–Crippen MR) is 49.5 cm³/mol. The van der Waals surface area contributed by atoms with Crippen LogP contribution in [0.2, 0.25) is 0 Å². The van der Waals surface area contributed by atoms with Crippen LogP contribution in [0, 0.1) is 5.92 Å². The van der Waals surface area contributed by atoms with Gasteiger partial charge in [-0.2, -0.15) is 0 Å². The van der Waals surface area contributed by atoms with Gasteiger partial charge in [-0.05, 0) is 18.8 Å². The van der Waals surface area contributed by atoms with Crippen LogP contribution in [0.1, 0.15) is 44.9 Å². The lowest BCUT2D eigenvalue weighted by Gasteiger charge is -2.20. The summed E-state index contributed by atoms with van der Waals surface area (Å²) in [6.45, 7) is 0.806. The van der Waals surface area contributed by atoms with Gasteiger partial charge in [-0.3, -0.25) is 4.79 Å². The smallest absolute Gasteiger partial charge is 0.309 e. The molecule has 2 nitrogen and oxygen atoms in total. The molecule has 0 unspecified atom stereocenters. The molecule has 0 spiro atoms. The van der Waals surface area contributed by atoms with Crippen LogP contribution in [0.4, 0.5) is 0 Å². The standard InChI is InChI=1S/C10H18NO/c12-9-11-8-4-7-10-5-2-1-3-6-10/h10H,1-8H2,(H,11,12). The summed E-state index contributed by atoms with van der Waals surface area (Å²) in [5, 5.41) is 2.58. The molecule has 1 N–H and O–H groups in total. The Hall–Kier alpha value is -0.530. The monoisotopic (exact) mass is 168 g/mol. The van der Waals surface area contributed by atoms with Crippen molar-refractivity contribution in [2.45, 2.75) is 44.9 Å². The van der Waals surface area contributed by atoms with Crippen molar-refractivity contribution in [2.75, 3.05) is 6.54 Å². The molecule has 1 radical (unpaired) electrons. The maximum Gasteiger partial charge on any atom is 0.309 e. The van der Waals surface area contributed by atoms with E-state index in [1.54, 1.807) is 6.41 Å². The summed E-state index contributed by atoms with van der Waals surface area (Å²) >= 11 is 0. The Balaban J connectivity index is 1.94. The summed E-state index contributed by atoms with van der Waals surface area (Å²) in [4.78, 5) is 9.82. The van der Waals surface area contributed by atoms with Crippen LogP contribution in [0.15, 0.2) is 0 Å². The van der Waals surface area contributed by atoms with Gasteiger partial charge in [0.25, 0.3) is 0 Å². The van der Waals surface area contributed by atoms with Gasteiger partial charge in [0.15, 0.2) is 0 Å². The topological polar surface area (TPSA) is 29.1 Å². The average molecular weight is 168 g/mol. The molecule has 1 amide bonds. The fraction of sp³-hybridized carbons (Fsp3) is 0.900. The highest BCUT2D eigenvalue weighted by molar-refractivity contribution is 5.46. The van der Waals surface area contributed by atoms with E-state index < -0.39 is 0 Å². The van der Waals surface area contributed by atoms with Crippen LogP contribution in [0.5, 0.6) is 0 Å². The Morgan fingerprint density at radius 3 is 2.67 bits per heavy atom. The number of nitrogens with one attached hydrogen (secondary N) is 1. The normalized spacial score (nSPS) is 19.0. The molecule has 1 rings (SSSR count). The second-order valence-electron chi connectivity index (χ2n) is 3.68. The highest BCUT2D eigenvalue weighted by Gasteiger charge is 2.12. The number of rotatable bonds is 5. The first-order valence-corrected chi connectivity index (χ1v) is 5.03. The summed E-state index contributed by atoms with van der Waals surface area (Å²) in [7, 11) is 0. The average Bonchev–Trinajstić information content (AvgIpc) is 2.14. The molecule has 1 saturated carbocycles. The highest BCUT2D eigenvalue weighted by Crippen LogP contribution is 2.26. The fourth-order valence-electron chi connectivity index (χ4n) is 2.01. The third kappa shape index (κ3) is 3.74. The zero-order valence-electron chi connectivity index (χ0n) is 7.64. The SMILES string of the molecule is O=[C]NCCCC1CCCCC1. The first kappa shape index (κ1) is 9.56. The zero-order chi connectivity index (χ0) is 8.65. The summed E-state index contributed by atoms with van der Waals surface area (Å²) in [5.74, 6) is 0.937. The fourth-order valence-corrected chi connectivity index (χ4v) is 2.01. The Morgan fingerprint density at radius 2 is 2.00 bits per heavy atom. The summed E-state index contributed by atoms with van der Waals surface area (Å²) in [6, 6.07) is 0. The molecule has 0 atom stereocenters. The zero-order valence-corrected chi connectivity index (χ0v) is 7.64. The lowest BCUT2D eigenvalue weighted by molar-refractivity contribution is 0.332. The third-order valence-electron chi connectivity index (χ3n) is 2.71. The quantitative estimate of drug-likeness (QED) is 0.493. The van der Waals surface area contributed by atoms with Gasteiger partial charge in [-0.15, -0.1) is 0 Å². The van der Waals surface area contributed by atoms with Crippen LogP contribution in [-0.4, -0.2) is 13.0 Å². The van der Waals surface area contributed by atoms with E-state index in [9.17, 15) is 4.79 Å². The Labute approximate surface area is 74.7 Å². The van der Waals surface area contributed by atoms with Crippen LogP contribution in [0.3, 0.4) is 0 Å². The second kappa shape index (κ2) is 6.04. The van der Waals surface area contributed by atoms with Gasteiger partial charge in [0.05, 0.1) is 0 Å². The van der Waals surface area contributed by atoms with Crippen molar-refractivity contribution in [1.82, 2.24) is 5.32 Å². The molecule has 0 heterocycles. The minimum Gasteiger partial charge on any atom is -0.348 e. The molecular weight excluding hydrogens is 150 g/mol. The molecule has 1 fully saturated rings. The number of hydrogen-bond acceptors (Lipinski definition) is 1. The van der Waals surface area contributed by atoms with Crippen molar-refractivity contribution in [2.24, 2.45) is 5.92 Å². The van der Waals surface area contributed by atoms with Crippen molar-refractivity contribution in [3.63, 3.8) is 0 Å². The summed E-state index contributed by atoms with van der Waals surface area (Å²) in [5.41, 5.74) is 0. The van der Waals surface area contributed by atoms with Crippen molar-refractivity contribution in [1.29, 1.82) is 0 Å². The van der Waals surface area contributed by atoms with E-state index in [0.717, 1.165) is 18.9 Å². The molecule has 2 heteroatoms. The molecule has 1 aliphatic carbocycles. The van der Waals surface area contributed by atoms with Crippen LogP contribution in [0.25, 0.3) is 0 Å². The molecule has 0 aromatic heterocycles. The van der Waals surface area contributed by atoms with Gasteiger partial charge >= 0.3 is 6.41 Å².